The first-order valence-electron chi connectivity index (χ1n) is 7.56. The number of nitrogens with one attached hydrogen (secondary N) is 1. The second-order valence-corrected chi connectivity index (χ2v) is 7.50. The number of sulfone groups is 1. The minimum atomic E-state index is -3.34. The van der Waals surface area contributed by atoms with Gasteiger partial charge < -0.3 is 5.32 Å². The summed E-state index contributed by atoms with van der Waals surface area (Å²) in [4.78, 5) is 11.9. The standard InChI is InChI=1S/C16H21N3O3S/c1-2-12-23(21,22)13-16(20)18-15-8-10-17-19(15)11-9-14-6-4-3-5-7-14/h3-8,10H,2,9,11-13H2,1H3,(H,18,20). The number of aromatic nitrogens is 2. The van der Waals surface area contributed by atoms with Crippen molar-refractivity contribution >= 4 is 21.6 Å². The Hall–Kier alpha value is -2.15. The van der Waals surface area contributed by atoms with Crippen molar-refractivity contribution in [1.82, 2.24) is 9.78 Å². The van der Waals surface area contributed by atoms with Gasteiger partial charge in [-0.25, -0.2) is 13.1 Å². The van der Waals surface area contributed by atoms with E-state index in [1.54, 1.807) is 23.9 Å². The number of anilines is 1. The van der Waals surface area contributed by atoms with E-state index in [0.717, 1.165) is 6.42 Å². The molecular formula is C16H21N3O3S. The van der Waals surface area contributed by atoms with Crippen LogP contribution in [0.25, 0.3) is 0 Å². The van der Waals surface area contributed by atoms with Crippen LogP contribution in [0.5, 0.6) is 0 Å². The van der Waals surface area contributed by atoms with E-state index >= 15 is 0 Å². The molecule has 0 spiro atoms. The summed E-state index contributed by atoms with van der Waals surface area (Å²) in [7, 11) is -3.34. The van der Waals surface area contributed by atoms with Crippen LogP contribution < -0.4 is 5.32 Å². The van der Waals surface area contributed by atoms with Gasteiger partial charge in [-0.3, -0.25) is 4.79 Å². The van der Waals surface area contributed by atoms with E-state index in [1.807, 2.05) is 30.3 Å². The average molecular weight is 335 g/mol. The zero-order valence-corrected chi connectivity index (χ0v) is 13.9. The van der Waals surface area contributed by atoms with E-state index in [-0.39, 0.29) is 5.75 Å². The third kappa shape index (κ3) is 5.52. The first-order chi connectivity index (χ1) is 11.0. The van der Waals surface area contributed by atoms with Crippen molar-refractivity contribution in [2.45, 2.75) is 26.3 Å². The number of hydrogen-bond donors (Lipinski definition) is 1. The summed E-state index contributed by atoms with van der Waals surface area (Å²) in [5, 5.41) is 6.79. The number of rotatable bonds is 8. The minimum absolute atomic E-state index is 0.0215. The molecule has 0 unspecified atom stereocenters. The molecule has 0 radical (unpaired) electrons. The van der Waals surface area contributed by atoms with E-state index in [0.29, 0.717) is 18.8 Å². The van der Waals surface area contributed by atoms with Crippen LogP contribution in [0.2, 0.25) is 0 Å². The molecule has 6 nitrogen and oxygen atoms in total. The molecule has 1 aromatic heterocycles. The Morgan fingerprint density at radius 1 is 1.22 bits per heavy atom. The maximum Gasteiger partial charge on any atom is 0.240 e. The SMILES string of the molecule is CCCS(=O)(=O)CC(=O)Nc1ccnn1CCc1ccccc1. The van der Waals surface area contributed by atoms with Gasteiger partial charge in [-0.15, -0.1) is 0 Å². The van der Waals surface area contributed by atoms with Crippen LogP contribution in [0.15, 0.2) is 42.6 Å². The molecule has 1 heterocycles. The lowest BCUT2D eigenvalue weighted by molar-refractivity contribution is -0.113. The molecule has 1 amide bonds. The van der Waals surface area contributed by atoms with Gasteiger partial charge in [0, 0.05) is 12.6 Å². The first-order valence-corrected chi connectivity index (χ1v) is 9.38. The largest absolute Gasteiger partial charge is 0.310 e. The van der Waals surface area contributed by atoms with Gasteiger partial charge >= 0.3 is 0 Å². The van der Waals surface area contributed by atoms with Crippen molar-refractivity contribution in [3.05, 3.63) is 48.2 Å². The third-order valence-electron chi connectivity index (χ3n) is 3.31. The van der Waals surface area contributed by atoms with Crippen LogP contribution in [-0.4, -0.2) is 35.6 Å². The van der Waals surface area contributed by atoms with Gasteiger partial charge in [0.15, 0.2) is 9.84 Å². The normalized spacial score (nSPS) is 11.3. The summed E-state index contributed by atoms with van der Waals surface area (Å²) in [6.45, 7) is 2.38. The maximum absolute atomic E-state index is 11.9. The molecule has 23 heavy (non-hydrogen) atoms. The Labute approximate surface area is 136 Å². The van der Waals surface area contributed by atoms with Crippen LogP contribution in [0, 0.1) is 0 Å². The topological polar surface area (TPSA) is 81.1 Å². The van der Waals surface area contributed by atoms with Gasteiger partial charge in [-0.05, 0) is 18.4 Å². The smallest absolute Gasteiger partial charge is 0.240 e. The van der Waals surface area contributed by atoms with Crippen LogP contribution >= 0.6 is 0 Å². The van der Waals surface area contributed by atoms with Crippen LogP contribution in [0.1, 0.15) is 18.9 Å². The molecule has 0 aliphatic rings. The number of carbonyl (C=O) groups excluding carboxylic acids is 1. The summed E-state index contributed by atoms with van der Waals surface area (Å²) in [5.41, 5.74) is 1.17. The van der Waals surface area contributed by atoms with E-state index in [1.165, 1.54) is 5.56 Å². The fraction of sp³-hybridized carbons (Fsp3) is 0.375. The second kappa shape index (κ2) is 7.92. The van der Waals surface area contributed by atoms with Crippen molar-refractivity contribution in [1.29, 1.82) is 0 Å². The van der Waals surface area contributed by atoms with Gasteiger partial charge in [-0.2, -0.15) is 5.10 Å². The molecule has 2 rings (SSSR count). The van der Waals surface area contributed by atoms with Crippen molar-refractivity contribution in [3.63, 3.8) is 0 Å². The molecule has 0 saturated carbocycles. The predicted molar refractivity (Wildman–Crippen MR) is 89.9 cm³/mol. The summed E-state index contributed by atoms with van der Waals surface area (Å²) in [6, 6.07) is 11.6. The molecule has 0 aliphatic heterocycles. The van der Waals surface area contributed by atoms with Gasteiger partial charge in [0.05, 0.1) is 11.9 Å². The number of benzene rings is 1. The lowest BCUT2D eigenvalue weighted by Gasteiger charge is -2.09. The minimum Gasteiger partial charge on any atom is -0.310 e. The molecule has 0 saturated heterocycles. The van der Waals surface area contributed by atoms with E-state index in [2.05, 4.69) is 10.4 Å². The predicted octanol–water partition coefficient (Wildman–Crippen LogP) is 1.89. The van der Waals surface area contributed by atoms with Crippen LogP contribution in [0.4, 0.5) is 5.82 Å². The van der Waals surface area contributed by atoms with Crippen LogP contribution in [-0.2, 0) is 27.6 Å². The maximum atomic E-state index is 11.9. The number of carbonyl (C=O) groups is 1. The highest BCUT2D eigenvalue weighted by Gasteiger charge is 2.16. The molecule has 0 bridgehead atoms. The molecule has 0 fully saturated rings. The molecule has 2 aromatic rings. The van der Waals surface area contributed by atoms with Gasteiger partial charge in [-0.1, -0.05) is 37.3 Å². The highest BCUT2D eigenvalue weighted by atomic mass is 32.2. The summed E-state index contributed by atoms with van der Waals surface area (Å²) in [5.74, 6) is -0.490. The molecule has 0 atom stereocenters. The fourth-order valence-corrected chi connectivity index (χ4v) is 3.50. The lowest BCUT2D eigenvalue weighted by atomic mass is 10.1. The Morgan fingerprint density at radius 3 is 2.65 bits per heavy atom. The third-order valence-corrected chi connectivity index (χ3v) is 5.04. The summed E-state index contributed by atoms with van der Waals surface area (Å²) >= 11 is 0. The summed E-state index contributed by atoms with van der Waals surface area (Å²) < 4.78 is 25.0. The highest BCUT2D eigenvalue weighted by molar-refractivity contribution is 7.92. The molecule has 7 heteroatoms. The molecule has 1 N–H and O–H groups in total. The van der Waals surface area contributed by atoms with Gasteiger partial charge in [0.1, 0.15) is 11.6 Å². The molecule has 0 aliphatic carbocycles. The van der Waals surface area contributed by atoms with Crippen molar-refractivity contribution in [2.75, 3.05) is 16.8 Å². The zero-order chi connectivity index (χ0) is 16.7. The Kier molecular flexibility index (Phi) is 5.92. The van der Waals surface area contributed by atoms with Crippen molar-refractivity contribution in [3.8, 4) is 0 Å². The second-order valence-electron chi connectivity index (χ2n) is 5.32. The zero-order valence-electron chi connectivity index (χ0n) is 13.1. The van der Waals surface area contributed by atoms with Crippen molar-refractivity contribution < 1.29 is 13.2 Å². The number of amides is 1. The average Bonchev–Trinajstić information content (AvgIpc) is 2.92. The number of nitrogens with zero attached hydrogens (tertiary/aromatic N) is 2. The molecule has 1 aromatic carbocycles. The quantitative estimate of drug-likeness (QED) is 0.799. The van der Waals surface area contributed by atoms with E-state index < -0.39 is 21.5 Å². The monoisotopic (exact) mass is 335 g/mol. The van der Waals surface area contributed by atoms with Gasteiger partial charge in [0.25, 0.3) is 0 Å². The number of hydrogen-bond acceptors (Lipinski definition) is 4. The first kappa shape index (κ1) is 17.2. The fourth-order valence-electron chi connectivity index (χ4n) is 2.26. The van der Waals surface area contributed by atoms with Crippen LogP contribution in [0.3, 0.4) is 0 Å². The van der Waals surface area contributed by atoms with Gasteiger partial charge in [0.2, 0.25) is 5.91 Å². The Bertz CT molecular complexity index is 739. The molecular weight excluding hydrogens is 314 g/mol. The lowest BCUT2D eigenvalue weighted by Crippen LogP contribution is -2.25. The molecule has 124 valence electrons. The highest BCUT2D eigenvalue weighted by Crippen LogP contribution is 2.09. The van der Waals surface area contributed by atoms with E-state index in [4.69, 9.17) is 0 Å². The number of aryl methyl sites for hydroxylation is 2. The Balaban J connectivity index is 1.94. The van der Waals surface area contributed by atoms with E-state index in [9.17, 15) is 13.2 Å². The summed E-state index contributed by atoms with van der Waals surface area (Å²) in [6.07, 6.45) is 2.87. The Morgan fingerprint density at radius 2 is 1.96 bits per heavy atom. The van der Waals surface area contributed by atoms with Crippen molar-refractivity contribution in [2.24, 2.45) is 0 Å².